The SMILES string of the molecule is CCOP(=O)(CCCCCN1CCOCCOCCOCCOCC1)OCC. The van der Waals surface area contributed by atoms with E-state index in [1.165, 1.54) is 0 Å². The lowest BCUT2D eigenvalue weighted by Crippen LogP contribution is -2.32. The van der Waals surface area contributed by atoms with E-state index in [9.17, 15) is 4.57 Å². The lowest BCUT2D eigenvalue weighted by atomic mass is 10.2. The van der Waals surface area contributed by atoms with Crippen LogP contribution in [0.4, 0.5) is 0 Å². The molecule has 0 radical (unpaired) electrons. The summed E-state index contributed by atoms with van der Waals surface area (Å²) in [4.78, 5) is 2.35. The van der Waals surface area contributed by atoms with Gasteiger partial charge in [0.05, 0.1) is 72.2 Å². The number of rotatable bonds is 10. The zero-order valence-electron chi connectivity index (χ0n) is 17.8. The molecule has 0 spiro atoms. The van der Waals surface area contributed by atoms with Gasteiger partial charge in [0.1, 0.15) is 0 Å². The molecule has 0 N–H and O–H groups in total. The van der Waals surface area contributed by atoms with Gasteiger partial charge in [-0.3, -0.25) is 9.46 Å². The van der Waals surface area contributed by atoms with Gasteiger partial charge >= 0.3 is 7.60 Å². The van der Waals surface area contributed by atoms with Gasteiger partial charge < -0.3 is 28.0 Å². The molecule has 9 heteroatoms. The summed E-state index contributed by atoms with van der Waals surface area (Å²) in [5.41, 5.74) is 0. The predicted molar refractivity (Wildman–Crippen MR) is 109 cm³/mol. The number of hydrogen-bond donors (Lipinski definition) is 0. The standard InChI is InChI=1S/C19H40NO7P/c1-3-26-28(21,27-4-2)19-7-5-6-8-20-9-11-22-13-15-24-17-18-25-16-14-23-12-10-20/h3-19H2,1-2H3. The van der Waals surface area contributed by atoms with Crippen LogP contribution in [0.1, 0.15) is 33.1 Å². The van der Waals surface area contributed by atoms with E-state index in [0.717, 1.165) is 38.9 Å². The first-order valence-corrected chi connectivity index (χ1v) is 12.3. The molecule has 0 bridgehead atoms. The third-order valence-electron chi connectivity index (χ3n) is 4.28. The minimum atomic E-state index is -2.91. The molecule has 0 amide bonds. The van der Waals surface area contributed by atoms with Gasteiger partial charge in [-0.25, -0.2) is 0 Å². The van der Waals surface area contributed by atoms with Crippen LogP contribution in [-0.2, 0) is 32.6 Å². The fourth-order valence-electron chi connectivity index (χ4n) is 2.86. The number of hydrogen-bond acceptors (Lipinski definition) is 8. The Labute approximate surface area is 170 Å². The zero-order chi connectivity index (χ0) is 20.3. The Hall–Kier alpha value is -0.0500. The van der Waals surface area contributed by atoms with Crippen LogP contribution in [0.2, 0.25) is 0 Å². The van der Waals surface area contributed by atoms with Crippen molar-refractivity contribution in [3.05, 3.63) is 0 Å². The maximum absolute atomic E-state index is 12.5. The van der Waals surface area contributed by atoms with Crippen molar-refractivity contribution < 1.29 is 32.6 Å². The van der Waals surface area contributed by atoms with Gasteiger partial charge in [0, 0.05) is 13.1 Å². The highest BCUT2D eigenvalue weighted by atomic mass is 31.2. The van der Waals surface area contributed by atoms with Gasteiger partial charge in [-0.1, -0.05) is 6.42 Å². The summed E-state index contributed by atoms with van der Waals surface area (Å²) in [6.45, 7) is 12.2. The quantitative estimate of drug-likeness (QED) is 0.391. The van der Waals surface area contributed by atoms with Gasteiger partial charge in [0.15, 0.2) is 0 Å². The van der Waals surface area contributed by atoms with Crippen LogP contribution in [-0.4, -0.2) is 96.8 Å². The van der Waals surface area contributed by atoms with Crippen molar-refractivity contribution in [1.82, 2.24) is 4.90 Å². The highest BCUT2D eigenvalue weighted by Gasteiger charge is 2.22. The molecule has 28 heavy (non-hydrogen) atoms. The minimum Gasteiger partial charge on any atom is -0.378 e. The number of ether oxygens (including phenoxy) is 4. The average Bonchev–Trinajstić information content (AvgIpc) is 2.68. The molecule has 1 fully saturated rings. The largest absolute Gasteiger partial charge is 0.378 e. The van der Waals surface area contributed by atoms with Gasteiger partial charge in [-0.15, -0.1) is 0 Å². The van der Waals surface area contributed by atoms with E-state index in [2.05, 4.69) is 4.90 Å². The van der Waals surface area contributed by atoms with Crippen molar-refractivity contribution in [1.29, 1.82) is 0 Å². The normalized spacial score (nSPS) is 19.8. The first kappa shape index (κ1) is 26.0. The molecule has 0 saturated carbocycles. The van der Waals surface area contributed by atoms with E-state index in [1.54, 1.807) is 0 Å². The molecule has 1 heterocycles. The summed E-state index contributed by atoms with van der Waals surface area (Å²) in [7, 11) is -2.91. The summed E-state index contributed by atoms with van der Waals surface area (Å²) in [6, 6.07) is 0. The van der Waals surface area contributed by atoms with E-state index in [-0.39, 0.29) is 0 Å². The van der Waals surface area contributed by atoms with Crippen LogP contribution in [0.15, 0.2) is 0 Å². The first-order valence-electron chi connectivity index (χ1n) is 10.6. The van der Waals surface area contributed by atoms with E-state index >= 15 is 0 Å². The van der Waals surface area contributed by atoms with Gasteiger partial charge in [-0.05, 0) is 33.2 Å². The molecule has 0 aliphatic carbocycles. The first-order chi connectivity index (χ1) is 13.7. The summed E-state index contributed by atoms with van der Waals surface area (Å²) in [6.07, 6.45) is 3.35. The Bertz CT molecular complexity index is 374. The van der Waals surface area contributed by atoms with Gasteiger partial charge in [0.25, 0.3) is 0 Å². The Morgan fingerprint density at radius 2 is 1.18 bits per heavy atom. The highest BCUT2D eigenvalue weighted by Crippen LogP contribution is 2.48. The van der Waals surface area contributed by atoms with Crippen molar-refractivity contribution in [2.45, 2.75) is 33.1 Å². The van der Waals surface area contributed by atoms with E-state index in [0.29, 0.717) is 72.2 Å². The van der Waals surface area contributed by atoms with Crippen LogP contribution < -0.4 is 0 Å². The second kappa shape index (κ2) is 17.8. The predicted octanol–water partition coefficient (Wildman–Crippen LogP) is 2.80. The summed E-state index contributed by atoms with van der Waals surface area (Å²) in [5.74, 6) is 0. The smallest absolute Gasteiger partial charge is 0.330 e. The molecule has 1 aliphatic rings. The highest BCUT2D eigenvalue weighted by molar-refractivity contribution is 7.53. The maximum atomic E-state index is 12.5. The van der Waals surface area contributed by atoms with Crippen LogP contribution >= 0.6 is 7.60 Å². The fourth-order valence-corrected chi connectivity index (χ4v) is 4.59. The molecule has 1 saturated heterocycles. The number of nitrogens with zero attached hydrogens (tertiary/aromatic N) is 1. The molecule has 0 unspecified atom stereocenters. The van der Waals surface area contributed by atoms with Crippen molar-refractivity contribution >= 4 is 7.60 Å². The second-order valence-electron chi connectivity index (χ2n) is 6.52. The Balaban J connectivity index is 2.26. The molecule has 168 valence electrons. The molecular weight excluding hydrogens is 385 g/mol. The van der Waals surface area contributed by atoms with Crippen molar-refractivity contribution in [3.63, 3.8) is 0 Å². The van der Waals surface area contributed by atoms with Crippen LogP contribution in [0.3, 0.4) is 0 Å². The third kappa shape index (κ3) is 14.0. The zero-order valence-corrected chi connectivity index (χ0v) is 18.7. The van der Waals surface area contributed by atoms with E-state index < -0.39 is 7.60 Å². The molecule has 0 atom stereocenters. The molecule has 0 aromatic heterocycles. The van der Waals surface area contributed by atoms with Gasteiger partial charge in [-0.2, -0.15) is 0 Å². The minimum absolute atomic E-state index is 0.418. The van der Waals surface area contributed by atoms with Crippen molar-refractivity contribution in [3.8, 4) is 0 Å². The average molecular weight is 426 g/mol. The van der Waals surface area contributed by atoms with Crippen molar-refractivity contribution in [2.24, 2.45) is 0 Å². The second-order valence-corrected chi connectivity index (χ2v) is 8.71. The van der Waals surface area contributed by atoms with Crippen LogP contribution in [0.25, 0.3) is 0 Å². The summed E-state index contributed by atoms with van der Waals surface area (Å²) >= 11 is 0. The van der Waals surface area contributed by atoms with Gasteiger partial charge in [0.2, 0.25) is 0 Å². The molecule has 0 aromatic carbocycles. The topological polar surface area (TPSA) is 75.7 Å². The molecular formula is C19H40NO7P. The lowest BCUT2D eigenvalue weighted by Gasteiger charge is -2.22. The monoisotopic (exact) mass is 425 g/mol. The van der Waals surface area contributed by atoms with Crippen molar-refractivity contribution in [2.75, 3.05) is 91.9 Å². The summed E-state index contributed by atoms with van der Waals surface area (Å²) < 4.78 is 45.3. The Morgan fingerprint density at radius 1 is 0.714 bits per heavy atom. The molecule has 0 aromatic rings. The number of unbranched alkanes of at least 4 members (excludes halogenated alkanes) is 2. The fraction of sp³-hybridized carbons (Fsp3) is 1.00. The van der Waals surface area contributed by atoms with Crippen LogP contribution in [0.5, 0.6) is 0 Å². The van der Waals surface area contributed by atoms with E-state index in [4.69, 9.17) is 28.0 Å². The van der Waals surface area contributed by atoms with E-state index in [1.807, 2.05) is 13.8 Å². The Kier molecular flexibility index (Phi) is 16.5. The lowest BCUT2D eigenvalue weighted by molar-refractivity contribution is 0.00206. The molecule has 1 aliphatic heterocycles. The maximum Gasteiger partial charge on any atom is 0.330 e. The molecule has 8 nitrogen and oxygen atoms in total. The molecule has 1 rings (SSSR count). The Morgan fingerprint density at radius 3 is 1.64 bits per heavy atom. The third-order valence-corrected chi connectivity index (χ3v) is 6.44. The summed E-state index contributed by atoms with van der Waals surface area (Å²) in [5, 5.41) is 0. The van der Waals surface area contributed by atoms with Crippen LogP contribution in [0, 0.1) is 0 Å².